The molecule has 1 aliphatic carbocycles. The molecule has 0 aliphatic heterocycles. The highest BCUT2D eigenvalue weighted by Gasteiger charge is 2.28. The van der Waals surface area contributed by atoms with E-state index in [0.29, 0.717) is 121 Å². The lowest BCUT2D eigenvalue weighted by Crippen LogP contribution is -2.26. The van der Waals surface area contributed by atoms with Gasteiger partial charge in [0.15, 0.2) is 34.4 Å². The number of pyridine rings is 3. The van der Waals surface area contributed by atoms with Gasteiger partial charge in [0.1, 0.15) is 53.0 Å². The molecule has 16 rings (SSSR count). The topological polar surface area (TPSA) is 430 Å². The van der Waals surface area contributed by atoms with Gasteiger partial charge in [-0.2, -0.15) is 0 Å². The normalized spacial score (nSPS) is 11.3. The SMILES string of the molecule is CC#CC(=O)N(C)c1cccc(-n2c(=O)n(-c3ccc(C(=O)Nc4ccccn4)cc3)c3c(N)ncnc32)c1.CN(C(=O)C#CCN(C)C1CC1)c1cccc(-n2c(=O)n(-c3ccc(C(=O)Nc4ccccn4)cc3)c3c(N)ncnc32)c1.CN(C)CC#CC(=O)N(C)c1cccc(-n2c(=O)n(-c3ccc(C(=O)Nc4ccccn4)cc3)c3c(N)ncnc32)c1. The summed E-state index contributed by atoms with van der Waals surface area (Å²) >= 11 is 0. The number of anilines is 9. The van der Waals surface area contributed by atoms with Crippen LogP contribution in [0.25, 0.3) is 67.6 Å². The second-order valence-electron chi connectivity index (χ2n) is 28.3. The van der Waals surface area contributed by atoms with Crippen molar-refractivity contribution < 1.29 is 28.8 Å². The monoisotopic (exact) mass is 1670 g/mol. The summed E-state index contributed by atoms with van der Waals surface area (Å²) in [5.41, 5.74) is 24.6. The molecule has 0 unspecified atom stereocenters. The number of imidazole rings is 3. The Kier molecular flexibility index (Phi) is 25.1. The van der Waals surface area contributed by atoms with E-state index in [1.54, 1.807) is 247 Å². The maximum atomic E-state index is 14.0. The third-order valence-electron chi connectivity index (χ3n) is 19.7. The van der Waals surface area contributed by atoms with Gasteiger partial charge in [0, 0.05) is 79.5 Å². The van der Waals surface area contributed by atoms with E-state index in [9.17, 15) is 43.2 Å². The first-order valence-electron chi connectivity index (χ1n) is 38.5. The molecular formula is C90H78N26O9. The molecule has 1 aliphatic rings. The zero-order chi connectivity index (χ0) is 88.1. The molecule has 9 heterocycles. The number of nitrogens with two attached hydrogens (primary N) is 3. The van der Waals surface area contributed by atoms with E-state index in [0.717, 1.165) is 0 Å². The molecule has 6 aromatic carbocycles. The van der Waals surface area contributed by atoms with Crippen molar-refractivity contribution in [1.82, 2.24) is 82.1 Å². The molecule has 0 radical (unpaired) electrons. The number of amides is 6. The summed E-state index contributed by atoms with van der Waals surface area (Å²) in [6, 6.07) is 56.4. The Hall–Kier alpha value is -17.4. The molecule has 6 amide bonds. The van der Waals surface area contributed by atoms with Gasteiger partial charge in [-0.15, -0.1) is 0 Å². The predicted octanol–water partition coefficient (Wildman–Crippen LogP) is 7.98. The van der Waals surface area contributed by atoms with Gasteiger partial charge in [0.25, 0.3) is 17.7 Å². The molecule has 125 heavy (non-hydrogen) atoms. The molecule has 9 N–H and O–H groups in total. The van der Waals surface area contributed by atoms with Gasteiger partial charge >= 0.3 is 34.8 Å². The Labute approximate surface area is 712 Å². The quantitative estimate of drug-likeness (QED) is 0.0443. The van der Waals surface area contributed by atoms with Gasteiger partial charge in [-0.3, -0.25) is 52.3 Å². The van der Waals surface area contributed by atoms with Crippen LogP contribution in [-0.4, -0.2) is 179 Å². The van der Waals surface area contributed by atoms with Gasteiger partial charge in [-0.05, 0) is 222 Å². The molecule has 9 aromatic heterocycles. The fourth-order valence-corrected chi connectivity index (χ4v) is 13.1. The van der Waals surface area contributed by atoms with Crippen molar-refractivity contribution in [3.8, 4) is 69.6 Å². The van der Waals surface area contributed by atoms with Gasteiger partial charge in [-0.25, -0.2) is 72.9 Å². The number of hydrogen-bond acceptors (Lipinski definition) is 23. The summed E-state index contributed by atoms with van der Waals surface area (Å²) in [7, 11) is 10.6. The summed E-state index contributed by atoms with van der Waals surface area (Å²) in [4.78, 5) is 164. The fraction of sp³-hybridized carbons (Fsp3) is 0.133. The number of benzene rings is 6. The number of nitrogens with zero attached hydrogens (tertiary/aromatic N) is 20. The largest absolute Gasteiger partial charge is 0.382 e. The maximum Gasteiger partial charge on any atom is 0.339 e. The highest BCUT2D eigenvalue weighted by atomic mass is 16.2. The van der Waals surface area contributed by atoms with Crippen molar-refractivity contribution in [3.05, 3.63) is 286 Å². The number of nitrogens with one attached hydrogen (secondary N) is 3. The van der Waals surface area contributed by atoms with Gasteiger partial charge < -0.3 is 47.9 Å². The average Bonchev–Trinajstić information content (AvgIpc) is 1.60. The first-order chi connectivity index (χ1) is 60.4. The lowest BCUT2D eigenvalue weighted by atomic mass is 10.2. The predicted molar refractivity (Wildman–Crippen MR) is 477 cm³/mol. The molecule has 1 saturated carbocycles. The van der Waals surface area contributed by atoms with E-state index in [4.69, 9.17) is 17.2 Å². The number of carbonyl (C=O) groups is 6. The van der Waals surface area contributed by atoms with Crippen LogP contribution in [0.4, 0.5) is 52.0 Å². The van der Waals surface area contributed by atoms with E-state index in [1.165, 1.54) is 73.9 Å². The number of fused-ring (bicyclic) bond motifs is 3. The number of hydrogen-bond donors (Lipinski definition) is 6. The highest BCUT2D eigenvalue weighted by Crippen LogP contribution is 2.31. The van der Waals surface area contributed by atoms with Crippen molar-refractivity contribution in [3.63, 3.8) is 0 Å². The zero-order valence-corrected chi connectivity index (χ0v) is 68.3. The van der Waals surface area contributed by atoms with Crippen LogP contribution in [0.3, 0.4) is 0 Å². The van der Waals surface area contributed by atoms with E-state index >= 15 is 0 Å². The molecule has 0 atom stereocenters. The van der Waals surface area contributed by atoms with Crippen LogP contribution in [0.1, 0.15) is 50.8 Å². The number of rotatable bonds is 18. The summed E-state index contributed by atoms with van der Waals surface area (Å²) in [5, 5.41) is 8.19. The highest BCUT2D eigenvalue weighted by molar-refractivity contribution is 6.08. The Morgan fingerprint density at radius 2 is 0.680 bits per heavy atom. The van der Waals surface area contributed by atoms with Crippen LogP contribution in [-0.2, 0) is 14.4 Å². The van der Waals surface area contributed by atoms with Crippen molar-refractivity contribution in [2.45, 2.75) is 25.8 Å². The number of aromatic nitrogens is 15. The number of carbonyl (C=O) groups excluding carboxylic acids is 6. The molecule has 0 saturated heterocycles. The van der Waals surface area contributed by atoms with Crippen molar-refractivity contribution in [2.75, 3.05) is 103 Å². The second-order valence-corrected chi connectivity index (χ2v) is 28.3. The van der Waals surface area contributed by atoms with Gasteiger partial charge in [0.2, 0.25) is 0 Å². The van der Waals surface area contributed by atoms with Crippen LogP contribution < -0.4 is 64.9 Å². The summed E-state index contributed by atoms with van der Waals surface area (Å²) < 4.78 is 8.37. The molecule has 15 aromatic rings. The molecule has 0 bridgehead atoms. The van der Waals surface area contributed by atoms with Crippen LogP contribution in [0.2, 0.25) is 0 Å². The fourth-order valence-electron chi connectivity index (χ4n) is 13.1. The minimum atomic E-state index is -0.459. The minimum absolute atomic E-state index is 0.104. The molecule has 35 heteroatoms. The lowest BCUT2D eigenvalue weighted by molar-refractivity contribution is -0.113. The lowest BCUT2D eigenvalue weighted by Gasteiger charge is -2.15. The molecule has 0 spiro atoms. The third kappa shape index (κ3) is 18.6. The van der Waals surface area contributed by atoms with Gasteiger partial charge in [0.05, 0.1) is 47.2 Å². The first-order valence-corrected chi connectivity index (χ1v) is 38.5. The van der Waals surface area contributed by atoms with Crippen molar-refractivity contribution >= 4 is 121 Å². The summed E-state index contributed by atoms with van der Waals surface area (Å²) in [6.45, 7) is 2.56. The first kappa shape index (κ1) is 84.1. The molecular weight excluding hydrogens is 1590 g/mol. The van der Waals surface area contributed by atoms with Crippen LogP contribution in [0.5, 0.6) is 0 Å². The van der Waals surface area contributed by atoms with Crippen LogP contribution >= 0.6 is 0 Å². The Balaban J connectivity index is 0.000000153. The number of nitrogen functional groups attached to an aromatic ring is 3. The van der Waals surface area contributed by atoms with E-state index in [2.05, 4.69) is 101 Å². The Morgan fingerprint density at radius 1 is 0.368 bits per heavy atom. The van der Waals surface area contributed by atoms with Gasteiger partial charge in [-0.1, -0.05) is 54.2 Å². The smallest absolute Gasteiger partial charge is 0.339 e. The average molecular weight is 1670 g/mol. The van der Waals surface area contributed by atoms with Crippen molar-refractivity contribution in [2.24, 2.45) is 0 Å². The van der Waals surface area contributed by atoms with Crippen LogP contribution in [0, 0.1) is 35.5 Å². The zero-order valence-electron chi connectivity index (χ0n) is 68.3. The Bertz CT molecular complexity index is 7050. The summed E-state index contributed by atoms with van der Waals surface area (Å²) in [6.07, 6.45) is 10.9. The van der Waals surface area contributed by atoms with E-state index in [-0.39, 0.29) is 69.8 Å². The second kappa shape index (κ2) is 37.3. The Morgan fingerprint density at radius 3 is 0.968 bits per heavy atom. The third-order valence-corrected chi connectivity index (χ3v) is 19.7. The van der Waals surface area contributed by atoms with Crippen molar-refractivity contribution in [1.29, 1.82) is 0 Å². The van der Waals surface area contributed by atoms with E-state index in [1.807, 2.05) is 26.0 Å². The standard InChI is InChI=1S/C32H29N9O3.C30H27N9O3.C28H22N8O3/c1-38(22-15-16-22)18-6-10-27(42)39(2)24-7-5-8-25(19-24)41-30-28(29(33)35-20-36-30)40(32(41)44)23-13-11-21(12-14-23)31(43)37-26-9-3-4-17-34-26;1-36(2)17-7-11-25(40)37(3)22-8-6-9-23(18-22)39-28-26(27(31)33-19-34-28)38(30(39)42)21-14-12-20(13-15-21)29(41)35-24-10-4-5-16-32-24;1-3-7-23(37)34(2)20-8-6-9-21(16-20)36-26-24(25(29)31-17-32-26)35(28(36)39)19-13-11-18(12-14-19)27(38)33-22-10-4-5-15-30-22/h3-5,7-9,11-14,17,19-20,22H,15-16,18H2,1-2H3,(H2,33,35,36)(H,34,37,43);4-6,8-10,12-16,18-19H,17H2,1-3H3,(H2,31,33,34)(H,32,35,41);4-6,8-17H,1-2H3,(H2,29,31,32)(H,30,33,38). The maximum absolute atomic E-state index is 14.0. The van der Waals surface area contributed by atoms with Crippen LogP contribution in [0.15, 0.2) is 252 Å². The molecule has 35 nitrogen and oxygen atoms in total. The summed E-state index contributed by atoms with van der Waals surface area (Å²) in [5.74, 6) is 15.6. The minimum Gasteiger partial charge on any atom is -0.382 e. The molecule has 622 valence electrons. The molecule has 1 fully saturated rings. The van der Waals surface area contributed by atoms with E-state index < -0.39 is 17.1 Å².